The Morgan fingerprint density at radius 1 is 1.10 bits per heavy atom. The average molecular weight is 432 g/mol. The molecule has 12 heteroatoms. The number of hydrogen-bond acceptors (Lipinski definition) is 10. The number of tetrazole rings is 1. The lowest BCUT2D eigenvalue weighted by molar-refractivity contribution is -0.173. The van der Waals surface area contributed by atoms with Gasteiger partial charge < -0.3 is 14.3 Å². The highest BCUT2D eigenvalue weighted by Crippen LogP contribution is 2.32. The third kappa shape index (κ3) is 5.81. The summed E-state index contributed by atoms with van der Waals surface area (Å²) in [7, 11) is -3.91. The van der Waals surface area contributed by atoms with E-state index in [1.54, 1.807) is 34.6 Å². The van der Waals surface area contributed by atoms with Gasteiger partial charge in [0.15, 0.2) is 5.41 Å². The number of carbonyl (C=O) groups excluding carboxylic acids is 3. The van der Waals surface area contributed by atoms with Crippen LogP contribution in [0.1, 0.15) is 53.9 Å². The Kier molecular flexibility index (Phi) is 8.42. The van der Waals surface area contributed by atoms with Crippen molar-refractivity contribution in [3.8, 4) is 0 Å². The van der Waals surface area contributed by atoms with Gasteiger partial charge in [0.05, 0.1) is 24.5 Å². The van der Waals surface area contributed by atoms with E-state index in [-0.39, 0.29) is 31.2 Å². The first kappa shape index (κ1) is 24.7. The zero-order valence-electron chi connectivity index (χ0n) is 17.4. The van der Waals surface area contributed by atoms with Gasteiger partial charge in [0.1, 0.15) is 6.29 Å². The predicted octanol–water partition coefficient (Wildman–Crippen LogP) is 0.684. The molecule has 0 amide bonds. The Bertz CT molecular complexity index is 809. The van der Waals surface area contributed by atoms with Gasteiger partial charge in [-0.2, -0.15) is 0 Å². The topological polar surface area (TPSA) is 147 Å². The van der Waals surface area contributed by atoms with Gasteiger partial charge in [0.25, 0.3) is 5.16 Å². The van der Waals surface area contributed by atoms with Crippen LogP contribution in [0.25, 0.3) is 0 Å². The number of aldehydes is 1. The highest BCUT2D eigenvalue weighted by molar-refractivity contribution is 7.91. The molecule has 11 nitrogen and oxygen atoms in total. The minimum Gasteiger partial charge on any atom is -0.465 e. The van der Waals surface area contributed by atoms with Gasteiger partial charge in [-0.15, -0.1) is 0 Å². The van der Waals surface area contributed by atoms with Crippen LogP contribution in [0.3, 0.4) is 0 Å². The van der Waals surface area contributed by atoms with E-state index in [9.17, 15) is 22.8 Å². The zero-order chi connectivity index (χ0) is 22.3. The van der Waals surface area contributed by atoms with Crippen LogP contribution in [-0.2, 0) is 39.2 Å². The quantitative estimate of drug-likeness (QED) is 0.278. The van der Waals surface area contributed by atoms with Crippen LogP contribution >= 0.6 is 0 Å². The van der Waals surface area contributed by atoms with Gasteiger partial charge in [0.2, 0.25) is 9.84 Å². The molecule has 0 aliphatic carbocycles. The summed E-state index contributed by atoms with van der Waals surface area (Å²) in [5.41, 5.74) is -2.55. The van der Waals surface area contributed by atoms with E-state index in [2.05, 4.69) is 15.5 Å². The zero-order valence-corrected chi connectivity index (χ0v) is 18.2. The summed E-state index contributed by atoms with van der Waals surface area (Å²) >= 11 is 0. The fourth-order valence-corrected chi connectivity index (χ4v) is 4.13. The molecule has 0 aromatic carbocycles. The van der Waals surface area contributed by atoms with Crippen molar-refractivity contribution in [3.63, 3.8) is 0 Å². The summed E-state index contributed by atoms with van der Waals surface area (Å²) in [5.74, 6) is -2.26. The highest BCUT2D eigenvalue weighted by atomic mass is 32.2. The predicted molar refractivity (Wildman–Crippen MR) is 100 cm³/mol. The van der Waals surface area contributed by atoms with Gasteiger partial charge in [-0.3, -0.25) is 9.59 Å². The number of carbonyl (C=O) groups is 3. The van der Waals surface area contributed by atoms with E-state index in [0.717, 1.165) is 0 Å². The maximum atomic E-state index is 12.7. The first-order valence-corrected chi connectivity index (χ1v) is 10.9. The fourth-order valence-electron chi connectivity index (χ4n) is 2.69. The van der Waals surface area contributed by atoms with Crippen LogP contribution in [0.15, 0.2) is 5.16 Å². The molecule has 0 radical (unpaired) electrons. The second kappa shape index (κ2) is 9.90. The number of esters is 2. The van der Waals surface area contributed by atoms with Crippen LogP contribution in [0.5, 0.6) is 0 Å². The van der Waals surface area contributed by atoms with Crippen LogP contribution in [0.2, 0.25) is 0 Å². The Balaban J connectivity index is 3.11. The van der Waals surface area contributed by atoms with Crippen molar-refractivity contribution in [1.82, 2.24) is 20.2 Å². The summed E-state index contributed by atoms with van der Waals surface area (Å²) in [4.78, 5) is 36.1. The number of hydrogen-bond donors (Lipinski definition) is 0. The molecule has 0 aliphatic rings. The summed E-state index contributed by atoms with van der Waals surface area (Å²) in [6.07, 6.45) is -0.391. The van der Waals surface area contributed by atoms with Gasteiger partial charge in [0, 0.05) is 6.42 Å². The molecule has 0 unspecified atom stereocenters. The maximum Gasteiger partial charge on any atom is 0.323 e. The van der Waals surface area contributed by atoms with Crippen molar-refractivity contribution in [2.75, 3.05) is 19.0 Å². The Hall–Kier alpha value is -2.37. The lowest BCUT2D eigenvalue weighted by atomic mass is 9.80. The van der Waals surface area contributed by atoms with E-state index in [1.807, 2.05) is 0 Å². The molecule has 0 fully saturated rings. The molecule has 1 heterocycles. The minimum absolute atomic E-state index is 0.00248. The standard InChI is InChI=1S/C17H28N4O7S/c1-6-27-13(23)17(10-11-22,14(24)28-7-2)9-8-12-29(25,26)15-18-19-20-21(15)16(3,4)5/h11H,6-10,12H2,1-5H3. The summed E-state index contributed by atoms with van der Waals surface area (Å²) in [6, 6.07) is 0. The number of rotatable bonds is 11. The molecular weight excluding hydrogens is 404 g/mol. The third-order valence-corrected chi connectivity index (χ3v) is 5.77. The van der Waals surface area contributed by atoms with Crippen LogP contribution in [0, 0.1) is 5.41 Å². The molecule has 0 aliphatic heterocycles. The van der Waals surface area contributed by atoms with Crippen molar-refractivity contribution < 1.29 is 32.3 Å². The fraction of sp³-hybridized carbons (Fsp3) is 0.765. The summed E-state index contributed by atoms with van der Waals surface area (Å²) < 4.78 is 36.6. The lowest BCUT2D eigenvalue weighted by Crippen LogP contribution is -2.43. The molecule has 0 saturated heterocycles. The Morgan fingerprint density at radius 3 is 2.10 bits per heavy atom. The van der Waals surface area contributed by atoms with Crippen molar-refractivity contribution in [2.45, 2.75) is 64.6 Å². The molecule has 0 saturated carbocycles. The molecular formula is C17H28N4O7S. The maximum absolute atomic E-state index is 12.7. The average Bonchev–Trinajstić information content (AvgIpc) is 3.12. The Labute approximate surface area is 170 Å². The molecule has 1 rings (SSSR count). The van der Waals surface area contributed by atoms with E-state index in [4.69, 9.17) is 9.47 Å². The first-order chi connectivity index (χ1) is 13.5. The van der Waals surface area contributed by atoms with E-state index < -0.39 is 44.9 Å². The van der Waals surface area contributed by atoms with Crippen LogP contribution < -0.4 is 0 Å². The highest BCUT2D eigenvalue weighted by Gasteiger charge is 2.48. The second-order valence-corrected chi connectivity index (χ2v) is 9.36. The van der Waals surface area contributed by atoms with Crippen LogP contribution in [-0.4, -0.2) is 65.8 Å². The molecule has 0 atom stereocenters. The van der Waals surface area contributed by atoms with E-state index in [0.29, 0.717) is 6.29 Å². The van der Waals surface area contributed by atoms with E-state index in [1.165, 1.54) is 4.68 Å². The van der Waals surface area contributed by atoms with Gasteiger partial charge >= 0.3 is 11.9 Å². The Morgan fingerprint density at radius 2 is 1.66 bits per heavy atom. The van der Waals surface area contributed by atoms with Crippen molar-refractivity contribution >= 4 is 28.1 Å². The molecule has 29 heavy (non-hydrogen) atoms. The van der Waals surface area contributed by atoms with Crippen LogP contribution in [0.4, 0.5) is 0 Å². The van der Waals surface area contributed by atoms with Gasteiger partial charge in [-0.05, 0) is 57.9 Å². The smallest absolute Gasteiger partial charge is 0.323 e. The van der Waals surface area contributed by atoms with Crippen molar-refractivity contribution in [1.29, 1.82) is 0 Å². The van der Waals surface area contributed by atoms with E-state index >= 15 is 0 Å². The normalized spacial score (nSPS) is 12.4. The molecule has 164 valence electrons. The molecule has 1 aromatic rings. The lowest BCUT2D eigenvalue weighted by Gasteiger charge is -2.27. The molecule has 1 aromatic heterocycles. The van der Waals surface area contributed by atoms with Crippen molar-refractivity contribution in [3.05, 3.63) is 0 Å². The number of nitrogens with zero attached hydrogens (tertiary/aromatic N) is 4. The summed E-state index contributed by atoms with van der Waals surface area (Å²) in [5, 5.41) is 10.5. The SMILES string of the molecule is CCOC(=O)C(CC=O)(CCCS(=O)(=O)c1nnnn1C(C)(C)C)C(=O)OCC. The van der Waals surface area contributed by atoms with Gasteiger partial charge in [-0.1, -0.05) is 5.10 Å². The number of sulfone groups is 1. The van der Waals surface area contributed by atoms with Crippen molar-refractivity contribution in [2.24, 2.45) is 5.41 Å². The number of aromatic nitrogens is 4. The third-order valence-electron chi connectivity index (χ3n) is 4.14. The largest absolute Gasteiger partial charge is 0.465 e. The monoisotopic (exact) mass is 432 g/mol. The minimum atomic E-state index is -3.91. The molecule has 0 N–H and O–H groups in total. The molecule has 0 spiro atoms. The number of ether oxygens (including phenoxy) is 2. The summed E-state index contributed by atoms with van der Waals surface area (Å²) in [6.45, 7) is 8.36. The second-order valence-electron chi connectivity index (χ2n) is 7.36. The van der Waals surface area contributed by atoms with Gasteiger partial charge in [-0.25, -0.2) is 13.1 Å². The molecule has 0 bridgehead atoms. The first-order valence-electron chi connectivity index (χ1n) is 9.26.